The molecule has 3 aliphatic rings. The van der Waals surface area contributed by atoms with Gasteiger partial charge in [0, 0.05) is 78.3 Å². The quantitative estimate of drug-likeness (QED) is 0.527. The second kappa shape index (κ2) is 8.62. The second-order valence-electron chi connectivity index (χ2n) is 10.7. The van der Waals surface area contributed by atoms with E-state index >= 15 is 0 Å². The zero-order valence-electron chi connectivity index (χ0n) is 21.5. The average molecular weight is 522 g/mol. The van der Waals surface area contributed by atoms with Gasteiger partial charge in [0.05, 0.1) is 17.8 Å². The number of likely N-dealkylation sites (tertiary alicyclic amines) is 1. The molecule has 3 aromatic rings. The van der Waals surface area contributed by atoms with Crippen LogP contribution in [0.3, 0.4) is 0 Å². The Kier molecular flexibility index (Phi) is 5.60. The van der Waals surface area contributed by atoms with E-state index in [1.165, 1.54) is 6.08 Å². The Morgan fingerprint density at radius 2 is 1.92 bits per heavy atom. The van der Waals surface area contributed by atoms with Crippen LogP contribution < -0.4 is 4.90 Å². The largest absolute Gasteiger partial charge is 0.351 e. The van der Waals surface area contributed by atoms with Crippen LogP contribution in [0.25, 0.3) is 22.0 Å². The van der Waals surface area contributed by atoms with E-state index in [1.807, 2.05) is 28.1 Å². The molecule has 1 atom stereocenters. The number of nitrogens with zero attached hydrogens (tertiary/aromatic N) is 6. The third-order valence-corrected chi connectivity index (χ3v) is 9.22. The van der Waals surface area contributed by atoms with Crippen LogP contribution in [0.2, 0.25) is 5.02 Å². The van der Waals surface area contributed by atoms with Crippen molar-refractivity contribution in [3.8, 4) is 11.1 Å². The lowest BCUT2D eigenvalue weighted by Gasteiger charge is -2.63. The number of fused-ring (bicyclic) bond motifs is 1. The first kappa shape index (κ1) is 24.0. The van der Waals surface area contributed by atoms with Crippen molar-refractivity contribution >= 4 is 40.1 Å². The van der Waals surface area contributed by atoms with Gasteiger partial charge in [-0.05, 0) is 44.9 Å². The fourth-order valence-corrected chi connectivity index (χ4v) is 6.84. The molecule has 3 fully saturated rings. The van der Waals surface area contributed by atoms with Crippen molar-refractivity contribution in [3.63, 3.8) is 0 Å². The number of amides is 2. The first-order chi connectivity index (χ1) is 17.7. The van der Waals surface area contributed by atoms with Crippen LogP contribution in [0, 0.1) is 12.3 Å². The fraction of sp³-hybridized carbons (Fsp3) is 0.481. The third-order valence-electron chi connectivity index (χ3n) is 8.91. The number of hydrogen-bond acceptors (Lipinski definition) is 5. The molecule has 0 unspecified atom stereocenters. The Morgan fingerprint density at radius 1 is 1.19 bits per heavy atom. The number of nitrogens with one attached hydrogen (secondary N) is 1. The predicted octanol–water partition coefficient (Wildman–Crippen LogP) is 3.79. The first-order valence-corrected chi connectivity index (χ1v) is 13.3. The monoisotopic (exact) mass is 521 g/mol. The molecular weight excluding hydrogens is 490 g/mol. The van der Waals surface area contributed by atoms with E-state index in [9.17, 15) is 9.59 Å². The van der Waals surface area contributed by atoms with Crippen molar-refractivity contribution in [2.24, 2.45) is 5.41 Å². The highest BCUT2D eigenvalue weighted by atomic mass is 35.5. The molecule has 194 valence electrons. The van der Waals surface area contributed by atoms with Crippen LogP contribution >= 0.6 is 11.6 Å². The zero-order chi connectivity index (χ0) is 26.1. The lowest BCUT2D eigenvalue weighted by molar-refractivity contribution is -0.167. The molecule has 6 rings (SSSR count). The Hall–Kier alpha value is -3.33. The molecule has 1 aromatic carbocycles. The van der Waals surface area contributed by atoms with Crippen molar-refractivity contribution in [2.75, 3.05) is 37.6 Å². The van der Waals surface area contributed by atoms with Gasteiger partial charge in [0.2, 0.25) is 11.8 Å². The summed E-state index contributed by atoms with van der Waals surface area (Å²) >= 11 is 6.84. The van der Waals surface area contributed by atoms with Crippen molar-refractivity contribution in [1.82, 2.24) is 29.8 Å². The van der Waals surface area contributed by atoms with E-state index in [1.54, 1.807) is 6.92 Å². The van der Waals surface area contributed by atoms with Crippen LogP contribution in [0.5, 0.6) is 0 Å². The Bertz CT molecular complexity index is 1410. The number of rotatable bonds is 4. The van der Waals surface area contributed by atoms with Crippen molar-refractivity contribution in [2.45, 2.75) is 45.7 Å². The van der Waals surface area contributed by atoms with Gasteiger partial charge in [0.1, 0.15) is 0 Å². The summed E-state index contributed by atoms with van der Waals surface area (Å²) in [5.41, 5.74) is 4.12. The molecule has 1 aliphatic carbocycles. The Balaban J connectivity index is 1.37. The number of halogens is 1. The normalized spacial score (nSPS) is 25.4. The summed E-state index contributed by atoms with van der Waals surface area (Å²) in [6, 6.07) is 4.32. The number of H-pyrrole nitrogens is 1. The lowest BCUT2D eigenvalue weighted by atomic mass is 9.56. The summed E-state index contributed by atoms with van der Waals surface area (Å²) in [6.45, 7) is 13.1. The summed E-state index contributed by atoms with van der Waals surface area (Å²) in [5, 5.41) is 14.2. The molecule has 1 spiro atoms. The molecule has 2 amide bonds. The summed E-state index contributed by atoms with van der Waals surface area (Å²) in [4.78, 5) is 30.1. The maximum atomic E-state index is 12.1. The number of aromatic nitrogens is 4. The van der Waals surface area contributed by atoms with Crippen LogP contribution in [0.1, 0.15) is 38.4 Å². The fourth-order valence-electron chi connectivity index (χ4n) is 6.59. The van der Waals surface area contributed by atoms with Gasteiger partial charge >= 0.3 is 0 Å². The van der Waals surface area contributed by atoms with Crippen molar-refractivity contribution in [3.05, 3.63) is 41.7 Å². The van der Waals surface area contributed by atoms with Gasteiger partial charge in [-0.1, -0.05) is 18.2 Å². The maximum absolute atomic E-state index is 12.1. The number of hydrogen-bond donors (Lipinski definition) is 1. The molecular formula is C27H32ClN7O2. The topological polar surface area (TPSA) is 90.4 Å². The van der Waals surface area contributed by atoms with Gasteiger partial charge < -0.3 is 14.7 Å². The SMILES string of the molecule is C=CC(=O)N1CC2(CC(n3nc(N4CCN(C(C)=O)CC4)c(-c4c(Cl)ccc5[nH]ncc45)c3C)C2)[C@H]1C. The van der Waals surface area contributed by atoms with E-state index in [0.717, 1.165) is 52.9 Å². The highest BCUT2D eigenvalue weighted by Gasteiger charge is 2.59. The average Bonchev–Trinajstić information content (AvgIpc) is 3.47. The standard InChI is InChI=1S/C27H32ClN7O2/c1-5-23(37)34-15-27(17(34)3)12-19(13-27)35-16(2)24(25-20-14-29-30-22(20)7-6-21(25)28)26(31-35)33-10-8-32(9-11-33)18(4)36/h5-7,14,17,19H,1,8-13,15H2,2-4H3,(H,29,30)/t17-,19?,27?/m1/s1. The summed E-state index contributed by atoms with van der Waals surface area (Å²) in [5.74, 6) is 1.02. The number of carbonyl (C=O) groups is 2. The molecule has 1 N–H and O–H groups in total. The summed E-state index contributed by atoms with van der Waals surface area (Å²) in [7, 11) is 0. The van der Waals surface area contributed by atoms with Gasteiger partial charge in [-0.25, -0.2) is 0 Å². The van der Waals surface area contributed by atoms with Gasteiger partial charge in [-0.2, -0.15) is 10.2 Å². The van der Waals surface area contributed by atoms with E-state index in [2.05, 4.69) is 40.2 Å². The van der Waals surface area contributed by atoms with Crippen LogP contribution in [0.15, 0.2) is 31.0 Å². The number of carbonyl (C=O) groups excluding carboxylic acids is 2. The minimum atomic E-state index is 0.00830. The smallest absolute Gasteiger partial charge is 0.246 e. The van der Waals surface area contributed by atoms with E-state index in [-0.39, 0.29) is 29.3 Å². The van der Waals surface area contributed by atoms with Gasteiger partial charge in [0.25, 0.3) is 0 Å². The Labute approximate surface area is 221 Å². The van der Waals surface area contributed by atoms with Crippen LogP contribution in [-0.4, -0.2) is 80.4 Å². The number of aromatic amines is 1. The lowest BCUT2D eigenvalue weighted by Crippen LogP contribution is -2.69. The van der Waals surface area contributed by atoms with E-state index in [4.69, 9.17) is 16.7 Å². The van der Waals surface area contributed by atoms with E-state index in [0.29, 0.717) is 31.2 Å². The minimum Gasteiger partial charge on any atom is -0.351 e. The molecule has 1 saturated carbocycles. The summed E-state index contributed by atoms with van der Waals surface area (Å²) in [6.07, 6.45) is 5.20. The van der Waals surface area contributed by atoms with Crippen molar-refractivity contribution in [1.29, 1.82) is 0 Å². The maximum Gasteiger partial charge on any atom is 0.246 e. The number of anilines is 1. The third kappa shape index (κ3) is 3.58. The molecule has 9 nitrogen and oxygen atoms in total. The second-order valence-corrected chi connectivity index (χ2v) is 11.2. The molecule has 10 heteroatoms. The van der Waals surface area contributed by atoms with Crippen molar-refractivity contribution < 1.29 is 9.59 Å². The molecule has 37 heavy (non-hydrogen) atoms. The molecule has 2 aliphatic heterocycles. The molecule has 2 aromatic heterocycles. The highest BCUT2D eigenvalue weighted by Crippen LogP contribution is 2.58. The molecule has 0 radical (unpaired) electrons. The summed E-state index contributed by atoms with van der Waals surface area (Å²) < 4.78 is 2.17. The first-order valence-electron chi connectivity index (χ1n) is 12.9. The van der Waals surface area contributed by atoms with Gasteiger partial charge in [0.15, 0.2) is 5.82 Å². The van der Waals surface area contributed by atoms with Crippen LogP contribution in [0.4, 0.5) is 5.82 Å². The number of piperazine rings is 1. The van der Waals surface area contributed by atoms with Gasteiger partial charge in [-0.3, -0.25) is 19.4 Å². The Morgan fingerprint density at radius 3 is 2.57 bits per heavy atom. The molecule has 4 heterocycles. The molecule has 2 saturated heterocycles. The molecule has 0 bridgehead atoms. The zero-order valence-corrected chi connectivity index (χ0v) is 22.3. The minimum absolute atomic E-state index is 0.00830. The van der Waals surface area contributed by atoms with E-state index < -0.39 is 0 Å². The van der Waals surface area contributed by atoms with Crippen LogP contribution in [-0.2, 0) is 9.59 Å². The predicted molar refractivity (Wildman–Crippen MR) is 144 cm³/mol. The van der Waals surface area contributed by atoms with Gasteiger partial charge in [-0.15, -0.1) is 0 Å². The highest BCUT2D eigenvalue weighted by molar-refractivity contribution is 6.35. The number of benzene rings is 1.